The third-order valence-electron chi connectivity index (χ3n) is 4.33. The summed E-state index contributed by atoms with van der Waals surface area (Å²) in [7, 11) is 0. The number of amides is 1. The lowest BCUT2D eigenvalue weighted by molar-refractivity contribution is -0.124. The molecule has 2 rings (SSSR count). The maximum atomic E-state index is 11.8. The third-order valence-corrected chi connectivity index (χ3v) is 4.57. The molecule has 0 bridgehead atoms. The number of ether oxygens (including phenoxy) is 1. The molecule has 0 atom stereocenters. The fraction of sp³-hybridized carbons (Fsp3) is 0.500. The molecule has 114 valence electrons. The van der Waals surface area contributed by atoms with Crippen molar-refractivity contribution in [2.45, 2.75) is 32.6 Å². The van der Waals surface area contributed by atoms with E-state index in [2.05, 4.69) is 12.2 Å². The number of rotatable bonds is 7. The van der Waals surface area contributed by atoms with Crippen LogP contribution in [0.15, 0.2) is 24.3 Å². The van der Waals surface area contributed by atoms with Gasteiger partial charge in [0.05, 0.1) is 0 Å². The van der Waals surface area contributed by atoms with Gasteiger partial charge in [-0.25, -0.2) is 0 Å². The summed E-state index contributed by atoms with van der Waals surface area (Å²) >= 11 is 4.88. The molecule has 0 heterocycles. The Hall–Kier alpha value is -1.62. The SMILES string of the molecule is CCC1(CNC(=O)COc2ccc(C(N)=S)cc2)CCC1. The molecule has 0 radical (unpaired) electrons. The number of thiocarbonyl (C=S) groups is 1. The number of carbonyl (C=O) groups is 1. The second-order valence-corrected chi connectivity index (χ2v) is 6.10. The molecule has 5 heteroatoms. The normalized spacial score (nSPS) is 15.9. The highest BCUT2D eigenvalue weighted by Crippen LogP contribution is 2.42. The van der Waals surface area contributed by atoms with Gasteiger partial charge < -0.3 is 15.8 Å². The predicted molar refractivity (Wildman–Crippen MR) is 87.4 cm³/mol. The zero-order valence-corrected chi connectivity index (χ0v) is 13.2. The number of hydrogen-bond donors (Lipinski definition) is 2. The fourth-order valence-electron chi connectivity index (χ4n) is 2.53. The molecule has 0 aromatic heterocycles. The Morgan fingerprint density at radius 3 is 2.52 bits per heavy atom. The van der Waals surface area contributed by atoms with Crippen LogP contribution in [0.4, 0.5) is 0 Å². The van der Waals surface area contributed by atoms with Crippen molar-refractivity contribution in [1.82, 2.24) is 5.32 Å². The summed E-state index contributed by atoms with van der Waals surface area (Å²) in [5.41, 5.74) is 6.64. The summed E-state index contributed by atoms with van der Waals surface area (Å²) in [4.78, 5) is 12.2. The molecule has 0 spiro atoms. The van der Waals surface area contributed by atoms with Crippen molar-refractivity contribution >= 4 is 23.1 Å². The highest BCUT2D eigenvalue weighted by Gasteiger charge is 2.35. The summed E-state index contributed by atoms with van der Waals surface area (Å²) in [6.45, 7) is 2.98. The van der Waals surface area contributed by atoms with E-state index in [1.54, 1.807) is 24.3 Å². The summed E-state index contributed by atoms with van der Waals surface area (Å²) in [6.07, 6.45) is 4.82. The number of carbonyl (C=O) groups excluding carboxylic acids is 1. The minimum absolute atomic E-state index is 0.0339. The van der Waals surface area contributed by atoms with Crippen molar-refractivity contribution in [2.75, 3.05) is 13.2 Å². The van der Waals surface area contributed by atoms with E-state index >= 15 is 0 Å². The van der Waals surface area contributed by atoms with Crippen LogP contribution in [0.2, 0.25) is 0 Å². The molecule has 0 aliphatic heterocycles. The molecule has 1 aliphatic carbocycles. The molecule has 1 aromatic carbocycles. The van der Waals surface area contributed by atoms with Gasteiger partial charge in [0.15, 0.2) is 6.61 Å². The van der Waals surface area contributed by atoms with Gasteiger partial charge in [-0.05, 0) is 48.9 Å². The first-order chi connectivity index (χ1) is 10.0. The van der Waals surface area contributed by atoms with Gasteiger partial charge in [-0.2, -0.15) is 0 Å². The molecule has 21 heavy (non-hydrogen) atoms. The lowest BCUT2D eigenvalue weighted by Gasteiger charge is -2.41. The molecular formula is C16H22N2O2S. The van der Waals surface area contributed by atoms with Crippen LogP contribution in [-0.4, -0.2) is 24.0 Å². The Morgan fingerprint density at radius 2 is 2.05 bits per heavy atom. The molecule has 1 aromatic rings. The van der Waals surface area contributed by atoms with Crippen LogP contribution in [0.25, 0.3) is 0 Å². The quantitative estimate of drug-likeness (QED) is 0.759. The van der Waals surface area contributed by atoms with Crippen LogP contribution in [0, 0.1) is 5.41 Å². The molecule has 1 saturated carbocycles. The lowest BCUT2D eigenvalue weighted by Crippen LogP contribution is -2.43. The fourth-order valence-corrected chi connectivity index (χ4v) is 2.67. The molecular weight excluding hydrogens is 284 g/mol. The summed E-state index contributed by atoms with van der Waals surface area (Å²) in [5.74, 6) is 0.562. The zero-order valence-electron chi connectivity index (χ0n) is 12.4. The summed E-state index contributed by atoms with van der Waals surface area (Å²) in [6, 6.07) is 7.11. The monoisotopic (exact) mass is 306 g/mol. The van der Waals surface area contributed by atoms with Crippen molar-refractivity contribution in [3.63, 3.8) is 0 Å². The van der Waals surface area contributed by atoms with Crippen LogP contribution in [-0.2, 0) is 4.79 Å². The minimum Gasteiger partial charge on any atom is -0.484 e. The minimum atomic E-state index is -0.0758. The van der Waals surface area contributed by atoms with Gasteiger partial charge in [0.1, 0.15) is 10.7 Å². The average Bonchev–Trinajstić information content (AvgIpc) is 2.45. The van der Waals surface area contributed by atoms with Crippen LogP contribution in [0.1, 0.15) is 38.2 Å². The highest BCUT2D eigenvalue weighted by molar-refractivity contribution is 7.80. The second kappa shape index (κ2) is 6.89. The smallest absolute Gasteiger partial charge is 0.257 e. The second-order valence-electron chi connectivity index (χ2n) is 5.66. The first-order valence-electron chi connectivity index (χ1n) is 7.34. The maximum absolute atomic E-state index is 11.8. The van der Waals surface area contributed by atoms with E-state index in [-0.39, 0.29) is 12.5 Å². The first-order valence-corrected chi connectivity index (χ1v) is 7.75. The molecule has 1 amide bonds. The van der Waals surface area contributed by atoms with E-state index in [4.69, 9.17) is 22.7 Å². The van der Waals surface area contributed by atoms with Crippen molar-refractivity contribution in [1.29, 1.82) is 0 Å². The highest BCUT2D eigenvalue weighted by atomic mass is 32.1. The molecule has 3 N–H and O–H groups in total. The van der Waals surface area contributed by atoms with Crippen LogP contribution in [0.3, 0.4) is 0 Å². The Labute approximate surface area is 131 Å². The van der Waals surface area contributed by atoms with Gasteiger partial charge in [0, 0.05) is 12.1 Å². The molecule has 0 saturated heterocycles. The topological polar surface area (TPSA) is 64.3 Å². The van der Waals surface area contributed by atoms with Crippen LogP contribution >= 0.6 is 12.2 Å². The van der Waals surface area contributed by atoms with E-state index in [1.807, 2.05) is 0 Å². The van der Waals surface area contributed by atoms with E-state index in [0.717, 1.165) is 18.5 Å². The molecule has 1 fully saturated rings. The summed E-state index contributed by atoms with van der Waals surface area (Å²) < 4.78 is 5.46. The van der Waals surface area contributed by atoms with Gasteiger partial charge >= 0.3 is 0 Å². The Bertz CT molecular complexity index is 504. The Morgan fingerprint density at radius 1 is 1.38 bits per heavy atom. The number of hydrogen-bond acceptors (Lipinski definition) is 3. The van der Waals surface area contributed by atoms with E-state index in [0.29, 0.717) is 16.2 Å². The Balaban J connectivity index is 1.74. The van der Waals surface area contributed by atoms with Crippen molar-refractivity contribution in [3.05, 3.63) is 29.8 Å². The largest absolute Gasteiger partial charge is 0.484 e. The number of benzene rings is 1. The van der Waals surface area contributed by atoms with Gasteiger partial charge in [-0.1, -0.05) is 25.6 Å². The first kappa shape index (κ1) is 15.8. The lowest BCUT2D eigenvalue weighted by atomic mass is 9.67. The zero-order chi connectivity index (χ0) is 15.3. The van der Waals surface area contributed by atoms with Gasteiger partial charge in [-0.3, -0.25) is 4.79 Å². The van der Waals surface area contributed by atoms with E-state index in [1.165, 1.54) is 19.3 Å². The van der Waals surface area contributed by atoms with Crippen molar-refractivity contribution < 1.29 is 9.53 Å². The molecule has 4 nitrogen and oxygen atoms in total. The Kier molecular flexibility index (Phi) is 5.17. The van der Waals surface area contributed by atoms with Crippen LogP contribution < -0.4 is 15.8 Å². The standard InChI is InChI=1S/C16H22N2O2S/c1-2-16(8-3-9-16)11-18-14(19)10-20-13-6-4-12(5-7-13)15(17)21/h4-7H,2-3,8-11H2,1H3,(H2,17,21)(H,18,19). The third kappa shape index (κ3) is 4.17. The van der Waals surface area contributed by atoms with Gasteiger partial charge in [-0.15, -0.1) is 0 Å². The molecule has 0 unspecified atom stereocenters. The predicted octanol–water partition coefficient (Wildman–Crippen LogP) is 2.40. The van der Waals surface area contributed by atoms with Crippen LogP contribution in [0.5, 0.6) is 5.75 Å². The van der Waals surface area contributed by atoms with Gasteiger partial charge in [0.25, 0.3) is 5.91 Å². The number of nitrogens with two attached hydrogens (primary N) is 1. The maximum Gasteiger partial charge on any atom is 0.257 e. The summed E-state index contributed by atoms with van der Waals surface area (Å²) in [5, 5.41) is 2.97. The average molecular weight is 306 g/mol. The van der Waals surface area contributed by atoms with Crippen molar-refractivity contribution in [3.8, 4) is 5.75 Å². The van der Waals surface area contributed by atoms with Gasteiger partial charge in [0.2, 0.25) is 0 Å². The molecule has 1 aliphatic rings. The van der Waals surface area contributed by atoms with E-state index in [9.17, 15) is 4.79 Å². The van der Waals surface area contributed by atoms with Crippen molar-refractivity contribution in [2.24, 2.45) is 11.1 Å². The number of nitrogens with one attached hydrogen (secondary N) is 1. The van der Waals surface area contributed by atoms with E-state index < -0.39 is 0 Å².